The average molecular weight is 473 g/mol. The number of halogens is 1. The molecule has 2 atom stereocenters. The Kier molecular flexibility index (Phi) is 8.01. The molecular weight excluding hydrogens is 441 g/mol. The molecular formula is C20H32IN3O2. The van der Waals surface area contributed by atoms with Crippen molar-refractivity contribution in [3.8, 4) is 5.75 Å². The molecule has 0 amide bonds. The third-order valence-corrected chi connectivity index (χ3v) is 5.86. The van der Waals surface area contributed by atoms with Crippen LogP contribution in [0.15, 0.2) is 29.3 Å². The van der Waals surface area contributed by atoms with Crippen LogP contribution >= 0.6 is 24.0 Å². The highest BCUT2D eigenvalue weighted by Gasteiger charge is 2.56. The van der Waals surface area contributed by atoms with Crippen LogP contribution < -0.4 is 15.4 Å². The molecule has 0 bridgehead atoms. The first-order chi connectivity index (χ1) is 12.2. The fourth-order valence-corrected chi connectivity index (χ4v) is 4.48. The second kappa shape index (κ2) is 9.78. The number of hydrogen-bond acceptors (Lipinski definition) is 3. The Morgan fingerprint density at radius 1 is 1.27 bits per heavy atom. The number of rotatable bonds is 6. The van der Waals surface area contributed by atoms with E-state index in [4.69, 9.17) is 9.47 Å². The Hall–Kier alpha value is -1.02. The number of nitrogens with zero attached hydrogens (tertiary/aromatic N) is 1. The third-order valence-electron chi connectivity index (χ3n) is 5.86. The number of benzene rings is 1. The second-order valence-electron chi connectivity index (χ2n) is 7.05. The van der Waals surface area contributed by atoms with Gasteiger partial charge in [0, 0.05) is 37.2 Å². The van der Waals surface area contributed by atoms with Crippen molar-refractivity contribution in [2.24, 2.45) is 10.4 Å². The van der Waals surface area contributed by atoms with Gasteiger partial charge in [0.05, 0.1) is 13.2 Å². The molecule has 26 heavy (non-hydrogen) atoms. The summed E-state index contributed by atoms with van der Waals surface area (Å²) in [6.45, 7) is 3.59. The third kappa shape index (κ3) is 4.27. The minimum atomic E-state index is 0. The molecule has 1 aromatic rings. The molecule has 0 aromatic heterocycles. The first kappa shape index (κ1) is 21.3. The van der Waals surface area contributed by atoms with Crippen LogP contribution in [0.5, 0.6) is 5.75 Å². The zero-order chi connectivity index (χ0) is 17.7. The van der Waals surface area contributed by atoms with Crippen molar-refractivity contribution < 1.29 is 9.47 Å². The average Bonchev–Trinajstić information content (AvgIpc) is 3.16. The maximum absolute atomic E-state index is 6.00. The van der Waals surface area contributed by atoms with E-state index in [1.54, 1.807) is 7.11 Å². The van der Waals surface area contributed by atoms with Gasteiger partial charge >= 0.3 is 0 Å². The minimum Gasteiger partial charge on any atom is -0.496 e. The van der Waals surface area contributed by atoms with E-state index >= 15 is 0 Å². The van der Waals surface area contributed by atoms with Crippen LogP contribution in [0.4, 0.5) is 0 Å². The second-order valence-corrected chi connectivity index (χ2v) is 7.05. The lowest BCUT2D eigenvalue weighted by Crippen LogP contribution is -2.65. The zero-order valence-electron chi connectivity index (χ0n) is 16.1. The lowest BCUT2D eigenvalue weighted by molar-refractivity contribution is -0.125. The summed E-state index contributed by atoms with van der Waals surface area (Å²) in [5.41, 5.74) is 1.43. The van der Waals surface area contributed by atoms with Crippen molar-refractivity contribution >= 4 is 29.9 Å². The number of ether oxygens (including phenoxy) is 2. The van der Waals surface area contributed by atoms with Gasteiger partial charge in [-0.2, -0.15) is 0 Å². The molecule has 2 fully saturated rings. The van der Waals surface area contributed by atoms with E-state index < -0.39 is 0 Å². The molecule has 2 N–H and O–H groups in total. The van der Waals surface area contributed by atoms with E-state index in [1.165, 1.54) is 25.7 Å². The lowest BCUT2D eigenvalue weighted by Gasteiger charge is -2.54. The Morgan fingerprint density at radius 3 is 2.65 bits per heavy atom. The summed E-state index contributed by atoms with van der Waals surface area (Å²) < 4.78 is 11.4. The van der Waals surface area contributed by atoms with Gasteiger partial charge in [-0.1, -0.05) is 31.0 Å². The summed E-state index contributed by atoms with van der Waals surface area (Å²) >= 11 is 0. The number of nitrogens with one attached hydrogen (secondary N) is 2. The standard InChI is InChI=1S/C20H31N3O2.HI/c1-4-25-18-13-17(20(18)11-7-8-12-20)23-19(21-2)22-14-15-9-5-6-10-16(15)24-3;/h5-6,9-10,17-18H,4,7-8,11-14H2,1-3H3,(H2,21,22,23);1H. The van der Waals surface area contributed by atoms with E-state index in [2.05, 4.69) is 28.6 Å². The fraction of sp³-hybridized carbons (Fsp3) is 0.650. The molecule has 3 rings (SSSR count). The quantitative estimate of drug-likeness (QED) is 0.376. The molecule has 2 aliphatic carbocycles. The van der Waals surface area contributed by atoms with Gasteiger partial charge in [-0.05, 0) is 32.3 Å². The fourth-order valence-electron chi connectivity index (χ4n) is 4.48. The predicted octanol–water partition coefficient (Wildman–Crippen LogP) is 3.72. The highest BCUT2D eigenvalue weighted by atomic mass is 127. The highest BCUT2D eigenvalue weighted by Crippen LogP contribution is 2.54. The van der Waals surface area contributed by atoms with E-state index in [-0.39, 0.29) is 24.0 Å². The molecule has 0 saturated heterocycles. The number of hydrogen-bond donors (Lipinski definition) is 2. The molecule has 2 aliphatic rings. The summed E-state index contributed by atoms with van der Waals surface area (Å²) in [6, 6.07) is 8.53. The Balaban J connectivity index is 0.00000243. The summed E-state index contributed by atoms with van der Waals surface area (Å²) in [7, 11) is 3.54. The van der Waals surface area contributed by atoms with Crippen LogP contribution in [0.3, 0.4) is 0 Å². The highest BCUT2D eigenvalue weighted by molar-refractivity contribution is 14.0. The Labute approximate surface area is 174 Å². The molecule has 2 unspecified atom stereocenters. The number of guanidine groups is 1. The molecule has 0 radical (unpaired) electrons. The largest absolute Gasteiger partial charge is 0.496 e. The molecule has 146 valence electrons. The van der Waals surface area contributed by atoms with E-state index in [9.17, 15) is 0 Å². The van der Waals surface area contributed by atoms with Crippen LogP contribution in [0.1, 0.15) is 44.6 Å². The van der Waals surface area contributed by atoms with Crippen LogP contribution in [0, 0.1) is 5.41 Å². The minimum absolute atomic E-state index is 0. The first-order valence-corrected chi connectivity index (χ1v) is 9.44. The van der Waals surface area contributed by atoms with Crippen molar-refractivity contribution in [2.75, 3.05) is 20.8 Å². The van der Waals surface area contributed by atoms with Gasteiger partial charge in [0.25, 0.3) is 0 Å². The number of aliphatic imine (C=N–C) groups is 1. The normalized spacial score (nSPS) is 23.9. The summed E-state index contributed by atoms with van der Waals surface area (Å²) in [5.74, 6) is 1.76. The Bertz CT molecular complexity index is 602. The molecule has 5 nitrogen and oxygen atoms in total. The maximum Gasteiger partial charge on any atom is 0.191 e. The predicted molar refractivity (Wildman–Crippen MR) is 116 cm³/mol. The molecule has 0 aliphatic heterocycles. The molecule has 2 saturated carbocycles. The van der Waals surface area contributed by atoms with Crippen molar-refractivity contribution in [1.29, 1.82) is 0 Å². The van der Waals surface area contributed by atoms with Gasteiger partial charge in [0.15, 0.2) is 5.96 Å². The van der Waals surface area contributed by atoms with Crippen LogP contribution in [-0.4, -0.2) is 38.9 Å². The van der Waals surface area contributed by atoms with Gasteiger partial charge < -0.3 is 20.1 Å². The van der Waals surface area contributed by atoms with Crippen LogP contribution in [0.25, 0.3) is 0 Å². The molecule has 1 spiro atoms. The van der Waals surface area contributed by atoms with Gasteiger partial charge in [-0.25, -0.2) is 0 Å². The van der Waals surface area contributed by atoms with Crippen LogP contribution in [-0.2, 0) is 11.3 Å². The summed E-state index contributed by atoms with van der Waals surface area (Å²) in [4.78, 5) is 4.42. The van der Waals surface area contributed by atoms with Crippen molar-refractivity contribution in [3.63, 3.8) is 0 Å². The van der Waals surface area contributed by atoms with E-state index in [0.29, 0.717) is 24.1 Å². The van der Waals surface area contributed by atoms with Crippen molar-refractivity contribution in [3.05, 3.63) is 29.8 Å². The lowest BCUT2D eigenvalue weighted by atomic mass is 9.60. The zero-order valence-corrected chi connectivity index (χ0v) is 18.4. The van der Waals surface area contributed by atoms with E-state index in [0.717, 1.165) is 30.3 Å². The summed E-state index contributed by atoms with van der Waals surface area (Å²) in [6.07, 6.45) is 6.63. The first-order valence-electron chi connectivity index (χ1n) is 9.44. The topological polar surface area (TPSA) is 54.9 Å². The van der Waals surface area contributed by atoms with E-state index in [1.807, 2.05) is 25.2 Å². The molecule has 0 heterocycles. The van der Waals surface area contributed by atoms with Gasteiger partial charge in [-0.3, -0.25) is 4.99 Å². The Morgan fingerprint density at radius 2 is 2.00 bits per heavy atom. The van der Waals surface area contributed by atoms with Gasteiger partial charge in [0.2, 0.25) is 0 Å². The van der Waals surface area contributed by atoms with Crippen molar-refractivity contribution in [2.45, 2.75) is 57.7 Å². The van der Waals surface area contributed by atoms with Crippen molar-refractivity contribution in [1.82, 2.24) is 10.6 Å². The number of para-hydroxylation sites is 1. The molecule has 6 heteroatoms. The van der Waals surface area contributed by atoms with Gasteiger partial charge in [0.1, 0.15) is 5.75 Å². The van der Waals surface area contributed by atoms with Gasteiger partial charge in [-0.15, -0.1) is 24.0 Å². The SMILES string of the molecule is CCOC1CC(NC(=NC)NCc2ccccc2OC)C12CCCC2.I. The van der Waals surface area contributed by atoms with Crippen LogP contribution in [0.2, 0.25) is 0 Å². The number of methoxy groups -OCH3 is 1. The maximum atomic E-state index is 6.00. The molecule has 1 aromatic carbocycles. The smallest absolute Gasteiger partial charge is 0.191 e. The summed E-state index contributed by atoms with van der Waals surface area (Å²) in [5, 5.41) is 7.08. The monoisotopic (exact) mass is 473 g/mol.